The molecule has 2 rings (SSSR count). The molecule has 0 amide bonds. The summed E-state index contributed by atoms with van der Waals surface area (Å²) in [6.45, 7) is 5.44. The fraction of sp³-hybridized carbons (Fsp3) is 0.462. The summed E-state index contributed by atoms with van der Waals surface area (Å²) in [5.74, 6) is 0.144. The van der Waals surface area contributed by atoms with Crippen LogP contribution in [-0.2, 0) is 6.54 Å². The summed E-state index contributed by atoms with van der Waals surface area (Å²) < 4.78 is 0. The van der Waals surface area contributed by atoms with Crippen molar-refractivity contribution < 1.29 is 0 Å². The summed E-state index contributed by atoms with van der Waals surface area (Å²) in [6.07, 6.45) is 0. The lowest BCUT2D eigenvalue weighted by Gasteiger charge is -2.32. The summed E-state index contributed by atoms with van der Waals surface area (Å²) in [5, 5.41) is 7.44. The number of nitrogens with one attached hydrogen (secondary N) is 1. The molecule has 4 nitrogen and oxygen atoms in total. The highest BCUT2D eigenvalue weighted by molar-refractivity contribution is 5.95. The Bertz CT molecular complexity index is 394. The molecule has 1 heterocycles. The Morgan fingerprint density at radius 2 is 2.00 bits per heavy atom. The van der Waals surface area contributed by atoms with E-state index in [4.69, 9.17) is 11.1 Å². The third-order valence-electron chi connectivity index (χ3n) is 3.24. The molecule has 0 aliphatic carbocycles. The van der Waals surface area contributed by atoms with E-state index in [0.29, 0.717) is 0 Å². The Balaban J connectivity index is 1.98. The zero-order valence-corrected chi connectivity index (χ0v) is 10.3. The molecule has 92 valence electrons. The number of rotatable bonds is 3. The summed E-state index contributed by atoms with van der Waals surface area (Å²) in [5.41, 5.74) is 7.55. The van der Waals surface area contributed by atoms with Crippen molar-refractivity contribution in [2.45, 2.75) is 6.54 Å². The summed E-state index contributed by atoms with van der Waals surface area (Å²) in [7, 11) is 2.16. The normalized spacial score (nSPS) is 18.2. The number of nitrogens with two attached hydrogens (primary N) is 1. The molecule has 4 heteroatoms. The number of benzene rings is 1. The van der Waals surface area contributed by atoms with Gasteiger partial charge in [0, 0.05) is 38.3 Å². The highest BCUT2D eigenvalue weighted by Gasteiger charge is 2.13. The minimum atomic E-state index is 0.144. The van der Waals surface area contributed by atoms with Crippen LogP contribution in [0, 0.1) is 5.41 Å². The van der Waals surface area contributed by atoms with Gasteiger partial charge in [0.15, 0.2) is 0 Å². The maximum absolute atomic E-state index is 7.44. The SMILES string of the molecule is CN1CCN(Cc2cccc(C(=N)N)c2)CC1. The second kappa shape index (κ2) is 5.29. The lowest BCUT2D eigenvalue weighted by atomic mass is 10.1. The summed E-state index contributed by atoms with van der Waals surface area (Å²) in [6, 6.07) is 7.98. The van der Waals surface area contributed by atoms with E-state index in [0.717, 1.165) is 38.3 Å². The molecule has 17 heavy (non-hydrogen) atoms. The number of piperazine rings is 1. The topological polar surface area (TPSA) is 56.4 Å². The summed E-state index contributed by atoms with van der Waals surface area (Å²) >= 11 is 0. The monoisotopic (exact) mass is 232 g/mol. The molecular weight excluding hydrogens is 212 g/mol. The van der Waals surface area contributed by atoms with Crippen molar-refractivity contribution in [1.82, 2.24) is 9.80 Å². The predicted molar refractivity (Wildman–Crippen MR) is 70.2 cm³/mol. The van der Waals surface area contributed by atoms with Crippen molar-refractivity contribution in [1.29, 1.82) is 5.41 Å². The van der Waals surface area contributed by atoms with Crippen LogP contribution in [0.1, 0.15) is 11.1 Å². The van der Waals surface area contributed by atoms with E-state index >= 15 is 0 Å². The first-order valence-electron chi connectivity index (χ1n) is 5.99. The van der Waals surface area contributed by atoms with Gasteiger partial charge in [-0.25, -0.2) is 0 Å². The van der Waals surface area contributed by atoms with Crippen LogP contribution >= 0.6 is 0 Å². The highest BCUT2D eigenvalue weighted by atomic mass is 15.2. The molecule has 3 N–H and O–H groups in total. The molecule has 1 aromatic rings. The van der Waals surface area contributed by atoms with Crippen LogP contribution in [0.5, 0.6) is 0 Å². The van der Waals surface area contributed by atoms with E-state index < -0.39 is 0 Å². The molecule has 0 atom stereocenters. The minimum Gasteiger partial charge on any atom is -0.384 e. The molecule has 1 aromatic carbocycles. The first-order chi connectivity index (χ1) is 8.15. The van der Waals surface area contributed by atoms with Gasteiger partial charge in [0.25, 0.3) is 0 Å². The zero-order chi connectivity index (χ0) is 12.3. The van der Waals surface area contributed by atoms with Crippen molar-refractivity contribution in [2.24, 2.45) is 5.73 Å². The molecule has 0 bridgehead atoms. The molecular formula is C13H20N4. The van der Waals surface area contributed by atoms with Gasteiger partial charge in [0.2, 0.25) is 0 Å². The molecule has 1 aliphatic heterocycles. The van der Waals surface area contributed by atoms with Crippen molar-refractivity contribution in [3.05, 3.63) is 35.4 Å². The van der Waals surface area contributed by atoms with E-state index in [1.165, 1.54) is 5.56 Å². The van der Waals surface area contributed by atoms with Crippen LogP contribution in [0.2, 0.25) is 0 Å². The average Bonchev–Trinajstić information content (AvgIpc) is 2.32. The Hall–Kier alpha value is -1.39. The number of nitrogen functional groups attached to an aromatic ring is 1. The first kappa shape index (κ1) is 12.1. The predicted octanol–water partition coefficient (Wildman–Crippen LogP) is 0.718. The van der Waals surface area contributed by atoms with E-state index in [2.05, 4.69) is 22.9 Å². The second-order valence-electron chi connectivity index (χ2n) is 4.69. The lowest BCUT2D eigenvalue weighted by molar-refractivity contribution is 0.148. The van der Waals surface area contributed by atoms with E-state index in [1.54, 1.807) is 0 Å². The molecule has 0 aromatic heterocycles. The van der Waals surface area contributed by atoms with Gasteiger partial charge in [0.1, 0.15) is 5.84 Å². The maximum atomic E-state index is 7.44. The fourth-order valence-electron chi connectivity index (χ4n) is 2.10. The van der Waals surface area contributed by atoms with Crippen molar-refractivity contribution in [2.75, 3.05) is 33.2 Å². The van der Waals surface area contributed by atoms with E-state index in [-0.39, 0.29) is 5.84 Å². The van der Waals surface area contributed by atoms with Gasteiger partial charge in [-0.3, -0.25) is 10.3 Å². The molecule has 0 spiro atoms. The fourth-order valence-corrected chi connectivity index (χ4v) is 2.10. The smallest absolute Gasteiger partial charge is 0.122 e. The number of amidine groups is 1. The van der Waals surface area contributed by atoms with Gasteiger partial charge >= 0.3 is 0 Å². The third kappa shape index (κ3) is 3.28. The summed E-state index contributed by atoms with van der Waals surface area (Å²) in [4.78, 5) is 4.79. The minimum absolute atomic E-state index is 0.144. The molecule has 1 saturated heterocycles. The Labute approximate surface area is 103 Å². The van der Waals surface area contributed by atoms with Crippen molar-refractivity contribution >= 4 is 5.84 Å². The van der Waals surface area contributed by atoms with Crippen LogP contribution in [-0.4, -0.2) is 48.9 Å². The number of likely N-dealkylation sites (N-methyl/N-ethyl adjacent to an activating group) is 1. The Kier molecular flexibility index (Phi) is 3.76. The highest BCUT2D eigenvalue weighted by Crippen LogP contribution is 2.10. The van der Waals surface area contributed by atoms with Gasteiger partial charge < -0.3 is 10.6 Å². The van der Waals surface area contributed by atoms with Gasteiger partial charge in [-0.15, -0.1) is 0 Å². The maximum Gasteiger partial charge on any atom is 0.122 e. The van der Waals surface area contributed by atoms with E-state index in [9.17, 15) is 0 Å². The van der Waals surface area contributed by atoms with Gasteiger partial charge in [-0.1, -0.05) is 18.2 Å². The number of hydrogen-bond acceptors (Lipinski definition) is 3. The van der Waals surface area contributed by atoms with Crippen LogP contribution in [0.25, 0.3) is 0 Å². The molecule has 1 fully saturated rings. The van der Waals surface area contributed by atoms with Gasteiger partial charge in [-0.2, -0.15) is 0 Å². The molecule has 0 radical (unpaired) electrons. The first-order valence-corrected chi connectivity index (χ1v) is 5.99. The third-order valence-corrected chi connectivity index (χ3v) is 3.24. The van der Waals surface area contributed by atoms with Crippen LogP contribution < -0.4 is 5.73 Å². The van der Waals surface area contributed by atoms with Crippen LogP contribution in [0.15, 0.2) is 24.3 Å². The Morgan fingerprint density at radius 3 is 2.65 bits per heavy atom. The van der Waals surface area contributed by atoms with Crippen LogP contribution in [0.3, 0.4) is 0 Å². The van der Waals surface area contributed by atoms with Crippen LogP contribution in [0.4, 0.5) is 0 Å². The quantitative estimate of drug-likeness (QED) is 0.596. The van der Waals surface area contributed by atoms with Crippen molar-refractivity contribution in [3.8, 4) is 0 Å². The lowest BCUT2D eigenvalue weighted by Crippen LogP contribution is -2.43. The molecule has 1 aliphatic rings. The number of nitrogens with zero attached hydrogens (tertiary/aromatic N) is 2. The zero-order valence-electron chi connectivity index (χ0n) is 10.3. The van der Waals surface area contributed by atoms with E-state index in [1.807, 2.05) is 18.2 Å². The standard InChI is InChI=1S/C13H20N4/c1-16-5-7-17(8-6-16)10-11-3-2-4-12(9-11)13(14)15/h2-4,9H,5-8,10H2,1H3,(H3,14,15). The van der Waals surface area contributed by atoms with Crippen molar-refractivity contribution in [3.63, 3.8) is 0 Å². The molecule has 0 saturated carbocycles. The second-order valence-corrected chi connectivity index (χ2v) is 4.69. The Morgan fingerprint density at radius 1 is 1.29 bits per heavy atom. The average molecular weight is 232 g/mol. The van der Waals surface area contributed by atoms with Gasteiger partial charge in [-0.05, 0) is 18.7 Å². The number of hydrogen-bond donors (Lipinski definition) is 2. The molecule has 0 unspecified atom stereocenters. The largest absolute Gasteiger partial charge is 0.384 e. The van der Waals surface area contributed by atoms with Gasteiger partial charge in [0.05, 0.1) is 0 Å².